The Balaban J connectivity index is 2.32. The predicted octanol–water partition coefficient (Wildman–Crippen LogP) is 2.99. The first-order valence-corrected chi connectivity index (χ1v) is 5.10. The molecule has 0 aromatic carbocycles. The molecule has 0 unspecified atom stereocenters. The summed E-state index contributed by atoms with van der Waals surface area (Å²) < 4.78 is 0. The van der Waals surface area contributed by atoms with Crippen molar-refractivity contribution in [3.05, 3.63) is 12.2 Å². The summed E-state index contributed by atoms with van der Waals surface area (Å²) in [4.78, 5) is 10.9. The van der Waals surface area contributed by atoms with Gasteiger partial charge >= 0.3 is 5.97 Å². The van der Waals surface area contributed by atoms with Gasteiger partial charge in [0.25, 0.3) is 0 Å². The van der Waals surface area contributed by atoms with E-state index in [9.17, 15) is 4.79 Å². The molecule has 0 spiro atoms. The number of carboxylic acids is 1. The standard InChI is InChI=1S/C11H18O2/c1-2-3-4-5-7-11(10(12)13)8-6-9-11/h3-4H,2,5-9H2,1H3,(H,12,13). The minimum absolute atomic E-state index is 0.363. The Morgan fingerprint density at radius 1 is 1.46 bits per heavy atom. The van der Waals surface area contributed by atoms with Crippen molar-refractivity contribution in [3.8, 4) is 0 Å². The number of allylic oxidation sites excluding steroid dienone is 2. The van der Waals surface area contributed by atoms with E-state index < -0.39 is 5.97 Å². The molecule has 1 aliphatic carbocycles. The summed E-state index contributed by atoms with van der Waals surface area (Å²) in [6, 6.07) is 0. The highest BCUT2D eigenvalue weighted by Crippen LogP contribution is 2.45. The molecule has 0 amide bonds. The van der Waals surface area contributed by atoms with Crippen LogP contribution in [0.15, 0.2) is 12.2 Å². The van der Waals surface area contributed by atoms with E-state index in [0.29, 0.717) is 0 Å². The van der Waals surface area contributed by atoms with Gasteiger partial charge in [-0.25, -0.2) is 0 Å². The van der Waals surface area contributed by atoms with E-state index in [4.69, 9.17) is 5.11 Å². The quantitative estimate of drug-likeness (QED) is 0.664. The van der Waals surface area contributed by atoms with Gasteiger partial charge in [0, 0.05) is 0 Å². The van der Waals surface area contributed by atoms with Gasteiger partial charge in [0.15, 0.2) is 0 Å². The Morgan fingerprint density at radius 2 is 2.15 bits per heavy atom. The van der Waals surface area contributed by atoms with E-state index in [0.717, 1.165) is 38.5 Å². The Hall–Kier alpha value is -0.790. The largest absolute Gasteiger partial charge is 0.481 e. The maximum atomic E-state index is 10.9. The molecule has 0 heterocycles. The third-order valence-corrected chi connectivity index (χ3v) is 2.96. The van der Waals surface area contributed by atoms with Crippen molar-refractivity contribution in [2.45, 2.75) is 45.4 Å². The molecule has 0 saturated heterocycles. The van der Waals surface area contributed by atoms with Crippen molar-refractivity contribution >= 4 is 5.97 Å². The van der Waals surface area contributed by atoms with Gasteiger partial charge in [-0.1, -0.05) is 25.5 Å². The zero-order valence-corrected chi connectivity index (χ0v) is 8.25. The summed E-state index contributed by atoms with van der Waals surface area (Å²) in [6.45, 7) is 2.09. The minimum Gasteiger partial charge on any atom is -0.481 e. The maximum Gasteiger partial charge on any atom is 0.309 e. The van der Waals surface area contributed by atoms with E-state index >= 15 is 0 Å². The molecule has 1 rings (SSSR count). The first-order valence-electron chi connectivity index (χ1n) is 5.10. The second-order valence-corrected chi connectivity index (χ2v) is 3.86. The third kappa shape index (κ3) is 2.33. The fourth-order valence-corrected chi connectivity index (χ4v) is 1.82. The van der Waals surface area contributed by atoms with Crippen LogP contribution in [0.3, 0.4) is 0 Å². The van der Waals surface area contributed by atoms with Crippen LogP contribution in [0.4, 0.5) is 0 Å². The molecule has 0 radical (unpaired) electrons. The molecular weight excluding hydrogens is 164 g/mol. The summed E-state index contributed by atoms with van der Waals surface area (Å²) in [5.74, 6) is -0.594. The van der Waals surface area contributed by atoms with E-state index in [1.165, 1.54) is 0 Å². The molecular formula is C11H18O2. The normalized spacial score (nSPS) is 20.1. The number of hydrogen-bond acceptors (Lipinski definition) is 1. The number of hydrogen-bond donors (Lipinski definition) is 1. The van der Waals surface area contributed by atoms with Crippen LogP contribution in [0.25, 0.3) is 0 Å². The van der Waals surface area contributed by atoms with Gasteiger partial charge in [0.1, 0.15) is 0 Å². The second-order valence-electron chi connectivity index (χ2n) is 3.86. The maximum absolute atomic E-state index is 10.9. The van der Waals surface area contributed by atoms with Crippen molar-refractivity contribution in [2.75, 3.05) is 0 Å². The van der Waals surface area contributed by atoms with E-state index in [1.807, 2.05) is 0 Å². The number of rotatable bonds is 5. The molecule has 13 heavy (non-hydrogen) atoms. The second kappa shape index (κ2) is 4.45. The highest BCUT2D eigenvalue weighted by molar-refractivity contribution is 5.75. The Labute approximate surface area is 79.6 Å². The number of carbonyl (C=O) groups is 1. The average Bonchev–Trinajstić information content (AvgIpc) is 2.01. The molecule has 2 heteroatoms. The molecule has 0 aromatic heterocycles. The van der Waals surface area contributed by atoms with Crippen molar-refractivity contribution < 1.29 is 9.90 Å². The third-order valence-electron chi connectivity index (χ3n) is 2.96. The fourth-order valence-electron chi connectivity index (χ4n) is 1.82. The molecule has 1 N–H and O–H groups in total. The zero-order valence-electron chi connectivity index (χ0n) is 8.25. The Kier molecular flexibility index (Phi) is 3.52. The number of aliphatic carboxylic acids is 1. The summed E-state index contributed by atoms with van der Waals surface area (Å²) in [5.41, 5.74) is -0.363. The van der Waals surface area contributed by atoms with Gasteiger partial charge in [0.05, 0.1) is 5.41 Å². The lowest BCUT2D eigenvalue weighted by Crippen LogP contribution is -2.37. The van der Waals surface area contributed by atoms with Crippen molar-refractivity contribution in [1.29, 1.82) is 0 Å². The molecule has 1 aliphatic rings. The van der Waals surface area contributed by atoms with Gasteiger partial charge in [-0.05, 0) is 32.1 Å². The van der Waals surface area contributed by atoms with Crippen LogP contribution < -0.4 is 0 Å². The van der Waals surface area contributed by atoms with Gasteiger partial charge in [0.2, 0.25) is 0 Å². The first kappa shape index (κ1) is 10.3. The molecule has 0 aliphatic heterocycles. The summed E-state index contributed by atoms with van der Waals surface area (Å²) >= 11 is 0. The predicted molar refractivity (Wildman–Crippen MR) is 52.6 cm³/mol. The number of carboxylic acid groups (broad SMARTS) is 1. The van der Waals surface area contributed by atoms with Crippen LogP contribution in [0.1, 0.15) is 45.4 Å². The van der Waals surface area contributed by atoms with Crippen LogP contribution in [0.5, 0.6) is 0 Å². The lowest BCUT2D eigenvalue weighted by molar-refractivity contribution is -0.155. The molecule has 0 bridgehead atoms. The van der Waals surface area contributed by atoms with Crippen molar-refractivity contribution in [2.24, 2.45) is 5.41 Å². The molecule has 2 nitrogen and oxygen atoms in total. The van der Waals surface area contributed by atoms with Crippen molar-refractivity contribution in [1.82, 2.24) is 0 Å². The van der Waals surface area contributed by atoms with Crippen molar-refractivity contribution in [3.63, 3.8) is 0 Å². The zero-order chi connectivity index (χ0) is 9.73. The van der Waals surface area contributed by atoms with Gasteiger partial charge < -0.3 is 5.11 Å². The van der Waals surface area contributed by atoms with E-state index in [1.54, 1.807) is 0 Å². The SMILES string of the molecule is CCC=CCCC1(C(=O)O)CCC1. The molecule has 1 fully saturated rings. The topological polar surface area (TPSA) is 37.3 Å². The summed E-state index contributed by atoms with van der Waals surface area (Å²) in [6.07, 6.45) is 9.82. The van der Waals surface area contributed by atoms with Crippen LogP contribution in [0, 0.1) is 5.41 Å². The highest BCUT2D eigenvalue weighted by Gasteiger charge is 2.43. The van der Waals surface area contributed by atoms with Crippen LogP contribution in [-0.2, 0) is 4.79 Å². The molecule has 0 aromatic rings. The smallest absolute Gasteiger partial charge is 0.309 e. The lowest BCUT2D eigenvalue weighted by Gasteiger charge is -2.37. The monoisotopic (exact) mass is 182 g/mol. The highest BCUT2D eigenvalue weighted by atomic mass is 16.4. The van der Waals surface area contributed by atoms with Gasteiger partial charge in [-0.2, -0.15) is 0 Å². The molecule has 74 valence electrons. The lowest BCUT2D eigenvalue weighted by atomic mass is 9.66. The molecule has 1 saturated carbocycles. The van der Waals surface area contributed by atoms with Crippen LogP contribution in [0.2, 0.25) is 0 Å². The molecule has 0 atom stereocenters. The van der Waals surface area contributed by atoms with Gasteiger partial charge in [-0.15, -0.1) is 0 Å². The summed E-state index contributed by atoms with van der Waals surface area (Å²) in [5, 5.41) is 9.02. The van der Waals surface area contributed by atoms with E-state index in [2.05, 4.69) is 19.1 Å². The fraction of sp³-hybridized carbons (Fsp3) is 0.727. The van der Waals surface area contributed by atoms with E-state index in [-0.39, 0.29) is 5.41 Å². The minimum atomic E-state index is -0.594. The Bertz CT molecular complexity index is 202. The van der Waals surface area contributed by atoms with Gasteiger partial charge in [-0.3, -0.25) is 4.79 Å². The first-order chi connectivity index (χ1) is 6.21. The average molecular weight is 182 g/mol. The van der Waals surface area contributed by atoms with Crippen LogP contribution in [-0.4, -0.2) is 11.1 Å². The summed E-state index contributed by atoms with van der Waals surface area (Å²) in [7, 11) is 0. The van der Waals surface area contributed by atoms with Crippen LogP contribution >= 0.6 is 0 Å². The Morgan fingerprint density at radius 3 is 2.54 bits per heavy atom.